The summed E-state index contributed by atoms with van der Waals surface area (Å²) in [5.74, 6) is 1.54. The molecule has 4 heteroatoms. The normalized spacial score (nSPS) is 10.6. The van der Waals surface area contributed by atoms with Gasteiger partial charge in [0.25, 0.3) is 0 Å². The van der Waals surface area contributed by atoms with Gasteiger partial charge in [-0.15, -0.1) is 0 Å². The first-order chi connectivity index (χ1) is 12.1. The maximum absolute atomic E-state index is 12.5. The minimum atomic E-state index is 0.0472. The predicted octanol–water partition coefficient (Wildman–Crippen LogP) is 4.58. The van der Waals surface area contributed by atoms with Crippen LogP contribution in [0.2, 0.25) is 0 Å². The van der Waals surface area contributed by atoms with E-state index in [1.54, 1.807) is 4.90 Å². The van der Waals surface area contributed by atoms with Gasteiger partial charge in [0, 0.05) is 17.9 Å². The number of ether oxygens (including phenoxy) is 1. The zero-order chi connectivity index (χ0) is 18.1. The van der Waals surface area contributed by atoms with Crippen molar-refractivity contribution in [1.29, 1.82) is 0 Å². The Balaban J connectivity index is 1.84. The van der Waals surface area contributed by atoms with Crippen molar-refractivity contribution in [2.75, 3.05) is 29.9 Å². The quantitative estimate of drug-likeness (QED) is 0.726. The zero-order valence-corrected chi connectivity index (χ0v) is 15.4. The topological polar surface area (TPSA) is 41.6 Å². The molecule has 134 valence electrons. The molecule has 0 spiro atoms. The molecular weight excluding hydrogens is 312 g/mol. The lowest BCUT2D eigenvalue weighted by Crippen LogP contribution is -2.35. The van der Waals surface area contributed by atoms with Gasteiger partial charge in [-0.1, -0.05) is 32.0 Å². The molecule has 4 nitrogen and oxygen atoms in total. The van der Waals surface area contributed by atoms with E-state index < -0.39 is 0 Å². The smallest absolute Gasteiger partial charge is 0.246 e. The van der Waals surface area contributed by atoms with E-state index in [1.165, 1.54) is 0 Å². The van der Waals surface area contributed by atoms with E-state index in [4.69, 9.17) is 4.74 Å². The fourth-order valence-corrected chi connectivity index (χ4v) is 2.47. The molecule has 0 saturated carbocycles. The molecule has 0 aliphatic carbocycles. The van der Waals surface area contributed by atoms with Crippen LogP contribution in [0.4, 0.5) is 11.4 Å². The van der Waals surface area contributed by atoms with Crippen molar-refractivity contribution < 1.29 is 9.53 Å². The van der Waals surface area contributed by atoms with Crippen LogP contribution in [0.15, 0.2) is 54.6 Å². The summed E-state index contributed by atoms with van der Waals surface area (Å²) in [4.78, 5) is 14.2. The molecule has 0 aliphatic heterocycles. The van der Waals surface area contributed by atoms with Crippen LogP contribution >= 0.6 is 0 Å². The zero-order valence-electron chi connectivity index (χ0n) is 15.4. The highest BCUT2D eigenvalue weighted by molar-refractivity contribution is 5.96. The number of nitrogens with zero attached hydrogens (tertiary/aromatic N) is 1. The van der Waals surface area contributed by atoms with Crippen LogP contribution < -0.4 is 15.0 Å². The molecule has 0 radical (unpaired) electrons. The lowest BCUT2D eigenvalue weighted by atomic mass is 10.1. The van der Waals surface area contributed by atoms with Crippen molar-refractivity contribution in [3.05, 3.63) is 54.6 Å². The van der Waals surface area contributed by atoms with Crippen molar-refractivity contribution in [3.63, 3.8) is 0 Å². The summed E-state index contributed by atoms with van der Waals surface area (Å²) in [6.07, 6.45) is 1.04. The molecule has 0 bridgehead atoms. The van der Waals surface area contributed by atoms with Crippen molar-refractivity contribution in [1.82, 2.24) is 0 Å². The summed E-state index contributed by atoms with van der Waals surface area (Å²) in [5.41, 5.74) is 1.83. The van der Waals surface area contributed by atoms with Gasteiger partial charge in [-0.3, -0.25) is 4.79 Å². The van der Waals surface area contributed by atoms with Crippen LogP contribution in [-0.4, -0.2) is 25.6 Å². The number of likely N-dealkylation sites (N-methyl/N-ethyl adjacent to an activating group) is 1. The molecule has 2 aromatic carbocycles. The fourth-order valence-electron chi connectivity index (χ4n) is 2.47. The molecule has 0 aliphatic rings. The Morgan fingerprint density at radius 3 is 2.36 bits per heavy atom. The number of amides is 1. The van der Waals surface area contributed by atoms with Crippen LogP contribution in [0, 0.1) is 5.92 Å². The van der Waals surface area contributed by atoms with Crippen molar-refractivity contribution in [2.24, 2.45) is 5.92 Å². The number of hydrogen-bond acceptors (Lipinski definition) is 3. The monoisotopic (exact) mass is 340 g/mol. The predicted molar refractivity (Wildman–Crippen MR) is 104 cm³/mol. The molecule has 0 fully saturated rings. The third kappa shape index (κ3) is 6.14. The molecule has 0 atom stereocenters. The lowest BCUT2D eigenvalue weighted by Gasteiger charge is -2.21. The van der Waals surface area contributed by atoms with Gasteiger partial charge >= 0.3 is 0 Å². The Kier molecular flexibility index (Phi) is 7.33. The summed E-state index contributed by atoms with van der Waals surface area (Å²) in [7, 11) is 0. The lowest BCUT2D eigenvalue weighted by molar-refractivity contribution is -0.116. The fraction of sp³-hybridized carbons (Fsp3) is 0.381. The number of nitrogens with one attached hydrogen (secondary N) is 1. The maximum Gasteiger partial charge on any atom is 0.246 e. The standard InChI is InChI=1S/C21H28N2O2/c1-4-23(19-8-6-5-7-9-19)21(24)16-22-18-10-12-20(13-11-18)25-15-14-17(2)3/h5-13,17,22H,4,14-16H2,1-3H3. The first-order valence-corrected chi connectivity index (χ1v) is 8.92. The van der Waals surface area contributed by atoms with Gasteiger partial charge in [-0.2, -0.15) is 0 Å². The Labute approximate surface area is 150 Å². The number of rotatable bonds is 9. The van der Waals surface area contributed by atoms with Gasteiger partial charge in [0.2, 0.25) is 5.91 Å². The van der Waals surface area contributed by atoms with Gasteiger partial charge in [0.1, 0.15) is 5.75 Å². The Bertz CT molecular complexity index is 639. The molecule has 0 aromatic heterocycles. The maximum atomic E-state index is 12.5. The third-order valence-corrected chi connectivity index (χ3v) is 3.95. The number of carbonyl (C=O) groups is 1. The van der Waals surface area contributed by atoms with E-state index >= 15 is 0 Å². The highest BCUT2D eigenvalue weighted by atomic mass is 16.5. The Hall–Kier alpha value is -2.49. The van der Waals surface area contributed by atoms with E-state index in [0.717, 1.165) is 30.2 Å². The molecule has 25 heavy (non-hydrogen) atoms. The summed E-state index contributed by atoms with van der Waals surface area (Å²) in [6.45, 7) is 7.98. The molecule has 0 unspecified atom stereocenters. The summed E-state index contributed by atoms with van der Waals surface area (Å²) >= 11 is 0. The number of hydrogen-bond donors (Lipinski definition) is 1. The third-order valence-electron chi connectivity index (χ3n) is 3.95. The van der Waals surface area contributed by atoms with Crippen LogP contribution in [0.25, 0.3) is 0 Å². The number of anilines is 2. The minimum Gasteiger partial charge on any atom is -0.494 e. The highest BCUT2D eigenvalue weighted by Gasteiger charge is 2.13. The van der Waals surface area contributed by atoms with E-state index in [2.05, 4.69) is 19.2 Å². The Morgan fingerprint density at radius 1 is 1.08 bits per heavy atom. The SMILES string of the molecule is CCN(C(=O)CNc1ccc(OCCC(C)C)cc1)c1ccccc1. The van der Waals surface area contributed by atoms with Crippen LogP contribution in [0.5, 0.6) is 5.75 Å². The molecule has 2 aromatic rings. The van der Waals surface area contributed by atoms with Crippen molar-refractivity contribution >= 4 is 17.3 Å². The summed E-state index contributed by atoms with van der Waals surface area (Å²) in [5, 5.41) is 3.18. The summed E-state index contributed by atoms with van der Waals surface area (Å²) < 4.78 is 5.71. The van der Waals surface area contributed by atoms with E-state index in [9.17, 15) is 4.79 Å². The summed E-state index contributed by atoms with van der Waals surface area (Å²) in [6, 6.07) is 17.5. The van der Waals surface area contributed by atoms with Crippen LogP contribution in [0.1, 0.15) is 27.2 Å². The van der Waals surface area contributed by atoms with Crippen molar-refractivity contribution in [3.8, 4) is 5.75 Å². The molecule has 1 amide bonds. The van der Waals surface area contributed by atoms with E-state index in [-0.39, 0.29) is 12.5 Å². The second-order valence-corrected chi connectivity index (χ2v) is 6.38. The number of benzene rings is 2. The van der Waals surface area contributed by atoms with Gasteiger partial charge in [0.05, 0.1) is 13.2 Å². The van der Waals surface area contributed by atoms with Gasteiger partial charge in [0.15, 0.2) is 0 Å². The minimum absolute atomic E-state index is 0.0472. The highest BCUT2D eigenvalue weighted by Crippen LogP contribution is 2.17. The second kappa shape index (κ2) is 9.72. The van der Waals surface area contributed by atoms with Gasteiger partial charge < -0.3 is 15.0 Å². The molecule has 0 saturated heterocycles. The first-order valence-electron chi connectivity index (χ1n) is 8.92. The number of para-hydroxylation sites is 1. The average Bonchev–Trinajstić information content (AvgIpc) is 2.62. The second-order valence-electron chi connectivity index (χ2n) is 6.38. The van der Waals surface area contributed by atoms with Crippen LogP contribution in [0.3, 0.4) is 0 Å². The number of carbonyl (C=O) groups excluding carboxylic acids is 1. The molecular formula is C21H28N2O2. The first kappa shape index (κ1) is 18.8. The Morgan fingerprint density at radius 2 is 1.76 bits per heavy atom. The molecule has 1 N–H and O–H groups in total. The van der Waals surface area contributed by atoms with Gasteiger partial charge in [-0.25, -0.2) is 0 Å². The average molecular weight is 340 g/mol. The van der Waals surface area contributed by atoms with Crippen molar-refractivity contribution in [2.45, 2.75) is 27.2 Å². The molecule has 0 heterocycles. The molecule has 2 rings (SSSR count). The van der Waals surface area contributed by atoms with E-state index in [0.29, 0.717) is 12.5 Å². The van der Waals surface area contributed by atoms with Gasteiger partial charge in [-0.05, 0) is 55.7 Å². The largest absolute Gasteiger partial charge is 0.494 e. The van der Waals surface area contributed by atoms with E-state index in [1.807, 2.05) is 61.5 Å². The van der Waals surface area contributed by atoms with Crippen LogP contribution in [-0.2, 0) is 4.79 Å².